The van der Waals surface area contributed by atoms with Gasteiger partial charge in [0, 0.05) is 17.3 Å². The summed E-state index contributed by atoms with van der Waals surface area (Å²) < 4.78 is 0. The molecule has 2 rings (SSSR count). The number of nitrogens with one attached hydrogen (secondary N) is 1. The number of nitrogens with zero attached hydrogens (tertiary/aromatic N) is 2. The van der Waals surface area contributed by atoms with Crippen LogP contribution in [0.25, 0.3) is 0 Å². The predicted octanol–water partition coefficient (Wildman–Crippen LogP) is 1.43. The van der Waals surface area contributed by atoms with Crippen molar-refractivity contribution >= 4 is 28.8 Å². The van der Waals surface area contributed by atoms with E-state index in [4.69, 9.17) is 10.8 Å². The minimum Gasteiger partial charge on any atom is -0.478 e. The van der Waals surface area contributed by atoms with Gasteiger partial charge in [0.05, 0.1) is 23.3 Å². The summed E-state index contributed by atoms with van der Waals surface area (Å²) in [7, 11) is 0. The van der Waals surface area contributed by atoms with Crippen LogP contribution in [0.5, 0.6) is 0 Å². The zero-order valence-electron chi connectivity index (χ0n) is 8.75. The van der Waals surface area contributed by atoms with E-state index in [2.05, 4.69) is 15.3 Å². The van der Waals surface area contributed by atoms with Crippen molar-refractivity contribution in [1.29, 1.82) is 0 Å². The van der Waals surface area contributed by atoms with Gasteiger partial charge in [-0.2, -0.15) is 0 Å². The first-order valence-electron chi connectivity index (χ1n) is 4.77. The van der Waals surface area contributed by atoms with Crippen molar-refractivity contribution in [2.24, 2.45) is 0 Å². The molecule has 0 aromatic carbocycles. The number of pyridine rings is 1. The summed E-state index contributed by atoms with van der Waals surface area (Å²) in [6, 6.07) is 1.38. The zero-order chi connectivity index (χ0) is 12.3. The Balaban J connectivity index is 2.09. The topological polar surface area (TPSA) is 101 Å². The van der Waals surface area contributed by atoms with Crippen molar-refractivity contribution in [3.8, 4) is 0 Å². The predicted molar refractivity (Wildman–Crippen MR) is 65.0 cm³/mol. The van der Waals surface area contributed by atoms with Crippen molar-refractivity contribution in [3.05, 3.63) is 34.4 Å². The molecule has 0 spiro atoms. The summed E-state index contributed by atoms with van der Waals surface area (Å²) in [5.74, 6) is -0.568. The number of nitrogens with two attached hydrogens (primary N) is 1. The number of hydrogen-bond donors (Lipinski definition) is 3. The molecule has 17 heavy (non-hydrogen) atoms. The highest BCUT2D eigenvalue weighted by Crippen LogP contribution is 2.18. The molecule has 2 heterocycles. The van der Waals surface area contributed by atoms with Crippen molar-refractivity contribution in [1.82, 2.24) is 9.97 Å². The van der Waals surface area contributed by atoms with Crippen LogP contribution in [0, 0.1) is 0 Å². The van der Waals surface area contributed by atoms with E-state index in [1.807, 2.05) is 0 Å². The molecule has 0 amide bonds. The number of rotatable bonds is 4. The molecule has 0 atom stereocenters. The lowest BCUT2D eigenvalue weighted by atomic mass is 10.2. The van der Waals surface area contributed by atoms with E-state index in [9.17, 15) is 4.79 Å². The van der Waals surface area contributed by atoms with Crippen LogP contribution in [0.15, 0.2) is 24.0 Å². The number of carbonyl (C=O) groups is 1. The van der Waals surface area contributed by atoms with E-state index in [0.717, 1.165) is 4.88 Å². The highest BCUT2D eigenvalue weighted by atomic mass is 32.1. The Morgan fingerprint density at radius 2 is 2.35 bits per heavy atom. The van der Waals surface area contributed by atoms with Crippen molar-refractivity contribution in [3.63, 3.8) is 0 Å². The molecule has 0 aliphatic rings. The van der Waals surface area contributed by atoms with E-state index >= 15 is 0 Å². The molecule has 0 aliphatic carbocycles. The van der Waals surface area contributed by atoms with Crippen LogP contribution >= 0.6 is 11.3 Å². The molecule has 0 fully saturated rings. The third-order valence-electron chi connectivity index (χ3n) is 2.08. The van der Waals surface area contributed by atoms with Crippen LogP contribution in [0.1, 0.15) is 15.2 Å². The minimum absolute atomic E-state index is 0.0749. The van der Waals surface area contributed by atoms with Gasteiger partial charge >= 0.3 is 5.97 Å². The van der Waals surface area contributed by atoms with Gasteiger partial charge in [-0.3, -0.25) is 4.98 Å². The highest BCUT2D eigenvalue weighted by Gasteiger charge is 2.07. The van der Waals surface area contributed by atoms with Crippen LogP contribution in [-0.2, 0) is 6.54 Å². The molecule has 0 radical (unpaired) electrons. The van der Waals surface area contributed by atoms with Crippen molar-refractivity contribution in [2.75, 3.05) is 11.1 Å². The highest BCUT2D eigenvalue weighted by molar-refractivity contribution is 7.09. The van der Waals surface area contributed by atoms with Crippen LogP contribution < -0.4 is 11.1 Å². The normalized spacial score (nSPS) is 10.1. The first-order chi connectivity index (χ1) is 8.16. The number of carboxylic acid groups (broad SMARTS) is 1. The van der Waals surface area contributed by atoms with Gasteiger partial charge in [0.1, 0.15) is 5.82 Å². The van der Waals surface area contributed by atoms with Crippen LogP contribution in [-0.4, -0.2) is 21.0 Å². The van der Waals surface area contributed by atoms with E-state index in [-0.39, 0.29) is 5.56 Å². The number of carboxylic acids is 1. The summed E-state index contributed by atoms with van der Waals surface area (Å²) in [6.45, 7) is 0.564. The molecule has 0 saturated heterocycles. The Kier molecular flexibility index (Phi) is 3.20. The van der Waals surface area contributed by atoms with Gasteiger partial charge in [-0.25, -0.2) is 9.78 Å². The maximum Gasteiger partial charge on any atom is 0.337 e. The number of thiazole rings is 1. The van der Waals surface area contributed by atoms with Crippen molar-refractivity contribution in [2.45, 2.75) is 6.54 Å². The quantitative estimate of drug-likeness (QED) is 0.758. The van der Waals surface area contributed by atoms with Crippen LogP contribution in [0.3, 0.4) is 0 Å². The summed E-state index contributed by atoms with van der Waals surface area (Å²) in [5.41, 5.74) is 7.82. The Labute approximate surface area is 101 Å². The first-order valence-corrected chi connectivity index (χ1v) is 5.65. The van der Waals surface area contributed by atoms with E-state index in [1.54, 1.807) is 11.7 Å². The number of aromatic carboxylic acids is 1. The standard InChI is InChI=1S/C10H10N4O2S/c11-8-1-6(10(15)16)2-13-9(8)14-4-7-3-12-5-17-7/h1-3,5H,4,11H2,(H,13,14)(H,15,16). The smallest absolute Gasteiger partial charge is 0.337 e. The SMILES string of the molecule is Nc1cc(C(=O)O)cnc1NCc1cncs1. The van der Waals surface area contributed by atoms with Gasteiger partial charge in [0.15, 0.2) is 0 Å². The Morgan fingerprint density at radius 3 is 2.94 bits per heavy atom. The second kappa shape index (κ2) is 4.79. The fourth-order valence-electron chi connectivity index (χ4n) is 1.25. The molecule has 4 N–H and O–H groups in total. The number of hydrogen-bond acceptors (Lipinski definition) is 6. The third-order valence-corrected chi connectivity index (χ3v) is 2.86. The van der Waals surface area contributed by atoms with Crippen LogP contribution in [0.4, 0.5) is 11.5 Å². The molecular weight excluding hydrogens is 240 g/mol. The van der Waals surface area contributed by atoms with E-state index in [0.29, 0.717) is 18.1 Å². The maximum atomic E-state index is 10.7. The molecular formula is C10H10N4O2S. The zero-order valence-corrected chi connectivity index (χ0v) is 9.57. The molecule has 6 nitrogen and oxygen atoms in total. The van der Waals surface area contributed by atoms with Gasteiger partial charge in [0.2, 0.25) is 0 Å². The Morgan fingerprint density at radius 1 is 1.53 bits per heavy atom. The van der Waals surface area contributed by atoms with Gasteiger partial charge in [-0.1, -0.05) is 0 Å². The van der Waals surface area contributed by atoms with Gasteiger partial charge in [0.25, 0.3) is 0 Å². The van der Waals surface area contributed by atoms with Crippen LogP contribution in [0.2, 0.25) is 0 Å². The largest absolute Gasteiger partial charge is 0.478 e. The molecule has 0 aliphatic heterocycles. The molecule has 0 saturated carbocycles. The molecule has 0 unspecified atom stereocenters. The molecule has 0 bridgehead atoms. The second-order valence-electron chi connectivity index (χ2n) is 3.29. The minimum atomic E-state index is -1.04. The van der Waals surface area contributed by atoms with E-state index < -0.39 is 5.97 Å². The summed E-state index contributed by atoms with van der Waals surface area (Å²) >= 11 is 1.52. The molecule has 2 aromatic rings. The Hall–Kier alpha value is -2.15. The average Bonchev–Trinajstić information content (AvgIpc) is 2.80. The molecule has 7 heteroatoms. The lowest BCUT2D eigenvalue weighted by Crippen LogP contribution is -2.06. The fourth-order valence-corrected chi connectivity index (χ4v) is 1.78. The van der Waals surface area contributed by atoms with E-state index in [1.165, 1.54) is 23.6 Å². The van der Waals surface area contributed by atoms with Gasteiger partial charge in [-0.15, -0.1) is 11.3 Å². The van der Waals surface area contributed by atoms with Gasteiger partial charge < -0.3 is 16.2 Å². The third kappa shape index (κ3) is 2.70. The summed E-state index contributed by atoms with van der Waals surface area (Å²) in [4.78, 5) is 19.6. The lowest BCUT2D eigenvalue weighted by molar-refractivity contribution is 0.0696. The molecule has 88 valence electrons. The first kappa shape index (κ1) is 11.3. The summed E-state index contributed by atoms with van der Waals surface area (Å²) in [5, 5.41) is 11.8. The number of aromatic nitrogens is 2. The number of anilines is 2. The van der Waals surface area contributed by atoms with Crippen molar-refractivity contribution < 1.29 is 9.90 Å². The maximum absolute atomic E-state index is 10.7. The second-order valence-corrected chi connectivity index (χ2v) is 4.26. The summed E-state index contributed by atoms with van der Waals surface area (Å²) in [6.07, 6.45) is 3.02. The lowest BCUT2D eigenvalue weighted by Gasteiger charge is -2.07. The fraction of sp³-hybridized carbons (Fsp3) is 0.100. The molecule has 2 aromatic heterocycles. The Bertz CT molecular complexity index is 527. The van der Waals surface area contributed by atoms with Gasteiger partial charge in [-0.05, 0) is 6.07 Å². The monoisotopic (exact) mass is 250 g/mol. The number of nitrogen functional groups attached to an aromatic ring is 1. The average molecular weight is 250 g/mol.